The average molecular weight is 327 g/mol. The third-order valence-corrected chi connectivity index (χ3v) is 5.27. The van der Waals surface area contributed by atoms with Gasteiger partial charge in [-0.1, -0.05) is 25.3 Å². The highest BCUT2D eigenvalue weighted by molar-refractivity contribution is 7.80. The molecule has 4 nitrogen and oxygen atoms in total. The van der Waals surface area contributed by atoms with E-state index in [1.807, 2.05) is 30.5 Å². The Bertz CT molecular complexity index is 652. The molecule has 1 aliphatic carbocycles. The summed E-state index contributed by atoms with van der Waals surface area (Å²) in [4.78, 5) is 6.91. The maximum atomic E-state index is 5.77. The highest BCUT2D eigenvalue weighted by Crippen LogP contribution is 2.42. The van der Waals surface area contributed by atoms with Crippen LogP contribution in [0.4, 0.5) is 0 Å². The number of hydrogen-bond donors (Lipinski definition) is 1. The smallest absolute Gasteiger partial charge is 0.170 e. The van der Waals surface area contributed by atoms with Gasteiger partial charge in [-0.3, -0.25) is 4.98 Å². The van der Waals surface area contributed by atoms with Gasteiger partial charge in [0.05, 0.1) is 18.0 Å². The standard InChI is InChI=1S/C18H21N3OS/c23-18-20-16(14-9-4-5-11-19-14)17(15-10-6-12-22-15)21(18)13-7-2-1-3-8-13/h4-6,9-13,16-17H,1-3,7-8H2,(H,20,23)/t16-,17+/m0/s1. The van der Waals surface area contributed by atoms with Gasteiger partial charge >= 0.3 is 0 Å². The number of hydrogen-bond acceptors (Lipinski definition) is 3. The number of rotatable bonds is 3. The van der Waals surface area contributed by atoms with Crippen LogP contribution in [0, 0.1) is 0 Å². The fraction of sp³-hybridized carbons (Fsp3) is 0.444. The summed E-state index contributed by atoms with van der Waals surface area (Å²) in [7, 11) is 0. The molecule has 23 heavy (non-hydrogen) atoms. The Balaban J connectivity index is 1.71. The molecule has 2 aromatic heterocycles. The van der Waals surface area contributed by atoms with Crippen molar-refractivity contribution in [2.24, 2.45) is 0 Å². The van der Waals surface area contributed by atoms with Gasteiger partial charge in [-0.15, -0.1) is 0 Å². The molecule has 0 spiro atoms. The molecule has 1 saturated heterocycles. The van der Waals surface area contributed by atoms with E-state index in [-0.39, 0.29) is 12.1 Å². The van der Waals surface area contributed by atoms with Crippen LogP contribution >= 0.6 is 12.2 Å². The van der Waals surface area contributed by atoms with Crippen molar-refractivity contribution in [3.8, 4) is 0 Å². The molecule has 1 aliphatic heterocycles. The second-order valence-electron chi connectivity index (χ2n) is 6.34. The van der Waals surface area contributed by atoms with E-state index in [0.717, 1.165) is 16.6 Å². The Hall–Kier alpha value is -1.88. The second-order valence-corrected chi connectivity index (χ2v) is 6.73. The van der Waals surface area contributed by atoms with Crippen LogP contribution in [0.1, 0.15) is 55.6 Å². The number of aromatic nitrogens is 1. The quantitative estimate of drug-likeness (QED) is 0.864. The van der Waals surface area contributed by atoms with Crippen molar-refractivity contribution in [2.45, 2.75) is 50.2 Å². The molecule has 2 fully saturated rings. The van der Waals surface area contributed by atoms with Crippen LogP contribution in [0.15, 0.2) is 47.2 Å². The molecule has 0 radical (unpaired) electrons. The van der Waals surface area contributed by atoms with Crippen LogP contribution in [0.5, 0.6) is 0 Å². The third kappa shape index (κ3) is 2.74. The molecule has 2 aliphatic rings. The lowest BCUT2D eigenvalue weighted by atomic mass is 9.92. The Morgan fingerprint density at radius 3 is 2.70 bits per heavy atom. The molecule has 120 valence electrons. The first-order valence-corrected chi connectivity index (χ1v) is 8.78. The average Bonchev–Trinajstić information content (AvgIpc) is 3.24. The van der Waals surface area contributed by atoms with Gasteiger partial charge in [0.1, 0.15) is 11.8 Å². The Labute approximate surface area is 141 Å². The van der Waals surface area contributed by atoms with Gasteiger partial charge in [0.15, 0.2) is 5.11 Å². The van der Waals surface area contributed by atoms with Crippen LogP contribution < -0.4 is 5.32 Å². The predicted molar refractivity (Wildman–Crippen MR) is 92.9 cm³/mol. The SMILES string of the molecule is S=C1N[C@@H](c2ccccn2)[C@@H](c2ccco2)N1C1CCCCC1. The molecule has 1 N–H and O–H groups in total. The minimum atomic E-state index is 0.0387. The van der Waals surface area contributed by atoms with Crippen LogP contribution in [-0.4, -0.2) is 21.0 Å². The van der Waals surface area contributed by atoms with Gasteiger partial charge in [-0.2, -0.15) is 0 Å². The molecular weight excluding hydrogens is 306 g/mol. The van der Waals surface area contributed by atoms with Gasteiger partial charge in [0.2, 0.25) is 0 Å². The lowest BCUT2D eigenvalue weighted by molar-refractivity contribution is 0.178. The first-order chi connectivity index (χ1) is 11.3. The van der Waals surface area contributed by atoms with E-state index >= 15 is 0 Å². The van der Waals surface area contributed by atoms with Crippen molar-refractivity contribution in [3.05, 3.63) is 54.2 Å². The first-order valence-electron chi connectivity index (χ1n) is 8.38. The number of nitrogens with one attached hydrogen (secondary N) is 1. The molecule has 4 rings (SSSR count). The zero-order valence-electron chi connectivity index (χ0n) is 13.0. The topological polar surface area (TPSA) is 41.3 Å². The zero-order valence-corrected chi connectivity index (χ0v) is 13.8. The summed E-state index contributed by atoms with van der Waals surface area (Å²) in [5.41, 5.74) is 1.01. The fourth-order valence-corrected chi connectivity index (χ4v) is 4.27. The number of furan rings is 1. The molecule has 2 atom stereocenters. The van der Waals surface area contributed by atoms with Crippen molar-refractivity contribution < 1.29 is 4.42 Å². The predicted octanol–water partition coefficient (Wildman–Crippen LogP) is 3.98. The molecular formula is C18H21N3OS. The van der Waals surface area contributed by atoms with Crippen LogP contribution in [0.3, 0.4) is 0 Å². The Morgan fingerprint density at radius 1 is 1.13 bits per heavy atom. The second kappa shape index (κ2) is 6.32. The molecule has 0 amide bonds. The third-order valence-electron chi connectivity index (χ3n) is 4.94. The van der Waals surface area contributed by atoms with E-state index in [9.17, 15) is 0 Å². The summed E-state index contributed by atoms with van der Waals surface area (Å²) < 4.78 is 5.77. The van der Waals surface area contributed by atoms with E-state index in [2.05, 4.69) is 21.3 Å². The number of nitrogens with zero attached hydrogens (tertiary/aromatic N) is 2. The summed E-state index contributed by atoms with van der Waals surface area (Å²) in [6, 6.07) is 10.6. The van der Waals surface area contributed by atoms with Crippen LogP contribution in [0.2, 0.25) is 0 Å². The minimum Gasteiger partial charge on any atom is -0.467 e. The molecule has 5 heteroatoms. The van der Waals surface area contributed by atoms with Gasteiger partial charge < -0.3 is 14.6 Å². The molecule has 0 unspecified atom stereocenters. The van der Waals surface area contributed by atoms with E-state index in [0.29, 0.717) is 6.04 Å². The summed E-state index contributed by atoms with van der Waals surface area (Å²) in [6.07, 6.45) is 9.88. The van der Waals surface area contributed by atoms with Gasteiger partial charge in [-0.25, -0.2) is 0 Å². The normalized spacial score (nSPS) is 25.6. The van der Waals surface area contributed by atoms with Crippen molar-refractivity contribution in [2.75, 3.05) is 0 Å². The first kappa shape index (κ1) is 14.7. The van der Waals surface area contributed by atoms with E-state index in [1.165, 1.54) is 32.1 Å². The van der Waals surface area contributed by atoms with Crippen molar-refractivity contribution in [1.29, 1.82) is 0 Å². The van der Waals surface area contributed by atoms with Crippen molar-refractivity contribution in [1.82, 2.24) is 15.2 Å². The van der Waals surface area contributed by atoms with Gasteiger partial charge in [0.25, 0.3) is 0 Å². The summed E-state index contributed by atoms with van der Waals surface area (Å²) >= 11 is 5.69. The monoisotopic (exact) mass is 327 g/mol. The lowest BCUT2D eigenvalue weighted by Gasteiger charge is -2.36. The Kier molecular flexibility index (Phi) is 4.04. The summed E-state index contributed by atoms with van der Waals surface area (Å²) in [5, 5.41) is 4.32. The van der Waals surface area contributed by atoms with Gasteiger partial charge in [-0.05, 0) is 49.3 Å². The number of thiocarbonyl (C=S) groups is 1. The molecule has 2 aromatic rings. The van der Waals surface area contributed by atoms with E-state index in [4.69, 9.17) is 16.6 Å². The fourth-order valence-electron chi connectivity index (χ4n) is 3.88. The maximum Gasteiger partial charge on any atom is 0.170 e. The van der Waals surface area contributed by atoms with Crippen molar-refractivity contribution in [3.63, 3.8) is 0 Å². The van der Waals surface area contributed by atoms with Crippen LogP contribution in [0.25, 0.3) is 0 Å². The minimum absolute atomic E-state index is 0.0387. The number of pyridine rings is 1. The highest BCUT2D eigenvalue weighted by Gasteiger charge is 2.44. The zero-order chi connectivity index (χ0) is 15.6. The highest BCUT2D eigenvalue weighted by atomic mass is 32.1. The van der Waals surface area contributed by atoms with Crippen LogP contribution in [-0.2, 0) is 0 Å². The van der Waals surface area contributed by atoms with Gasteiger partial charge in [0, 0.05) is 12.2 Å². The summed E-state index contributed by atoms with van der Waals surface area (Å²) in [6.45, 7) is 0. The van der Waals surface area contributed by atoms with E-state index < -0.39 is 0 Å². The Morgan fingerprint density at radius 2 is 2.00 bits per heavy atom. The lowest BCUT2D eigenvalue weighted by Crippen LogP contribution is -2.40. The molecule has 3 heterocycles. The van der Waals surface area contributed by atoms with Crippen molar-refractivity contribution >= 4 is 17.3 Å². The molecule has 0 bridgehead atoms. The summed E-state index contributed by atoms with van der Waals surface area (Å²) in [5.74, 6) is 0.957. The molecule has 0 aromatic carbocycles. The maximum absolute atomic E-state index is 5.77. The largest absolute Gasteiger partial charge is 0.467 e. The molecule has 1 saturated carbocycles. The van der Waals surface area contributed by atoms with E-state index in [1.54, 1.807) is 6.26 Å².